The van der Waals surface area contributed by atoms with Crippen LogP contribution in [0.5, 0.6) is 0 Å². The van der Waals surface area contributed by atoms with Crippen LogP contribution < -0.4 is 0 Å². The van der Waals surface area contributed by atoms with Gasteiger partial charge in [0, 0.05) is 21.5 Å². The summed E-state index contributed by atoms with van der Waals surface area (Å²) in [6.45, 7) is 0. The average Bonchev–Trinajstić information content (AvgIpc) is 2.95. The lowest BCUT2D eigenvalue weighted by Crippen LogP contribution is -1.94. The second-order valence-electron chi connectivity index (χ2n) is 4.88. The van der Waals surface area contributed by atoms with Gasteiger partial charge in [-0.25, -0.2) is 0 Å². The zero-order valence-corrected chi connectivity index (χ0v) is 14.7. The standard InChI is InChI=1S/C16H10Cl4N2O/c17-10-3-1-9(13(19)7-10)2-6-15-21-16(23-22-15)12-5-4-11(18)8-14(12)20/h1,3-5,7-8H,2,6H2. The van der Waals surface area contributed by atoms with Crippen molar-refractivity contribution < 1.29 is 4.52 Å². The van der Waals surface area contributed by atoms with E-state index in [4.69, 9.17) is 50.9 Å². The third-order valence-corrected chi connectivity index (χ3v) is 4.40. The monoisotopic (exact) mass is 386 g/mol. The molecule has 0 fully saturated rings. The van der Waals surface area contributed by atoms with Crippen molar-refractivity contribution in [3.05, 3.63) is 67.9 Å². The SMILES string of the molecule is Clc1ccc(CCc2noc(-c3ccc(Cl)cc3Cl)n2)c(Cl)c1. The van der Waals surface area contributed by atoms with E-state index in [0.29, 0.717) is 50.2 Å². The van der Waals surface area contributed by atoms with Crippen molar-refractivity contribution in [2.45, 2.75) is 12.8 Å². The Balaban J connectivity index is 1.74. The Morgan fingerprint density at radius 3 is 2.22 bits per heavy atom. The fourth-order valence-corrected chi connectivity index (χ4v) is 3.09. The van der Waals surface area contributed by atoms with Gasteiger partial charge in [-0.1, -0.05) is 57.6 Å². The topological polar surface area (TPSA) is 38.9 Å². The number of halogens is 4. The van der Waals surface area contributed by atoms with Crippen LogP contribution in [0.15, 0.2) is 40.9 Å². The summed E-state index contributed by atoms with van der Waals surface area (Å²) in [6.07, 6.45) is 1.28. The lowest BCUT2D eigenvalue weighted by molar-refractivity contribution is 0.422. The first kappa shape index (κ1) is 16.6. The smallest absolute Gasteiger partial charge is 0.259 e. The van der Waals surface area contributed by atoms with Crippen molar-refractivity contribution in [3.63, 3.8) is 0 Å². The molecule has 1 heterocycles. The van der Waals surface area contributed by atoms with Crippen molar-refractivity contribution in [2.24, 2.45) is 0 Å². The summed E-state index contributed by atoms with van der Waals surface area (Å²) in [5.74, 6) is 0.945. The van der Waals surface area contributed by atoms with E-state index in [-0.39, 0.29) is 0 Å². The Bertz CT molecular complexity index is 848. The van der Waals surface area contributed by atoms with E-state index in [1.165, 1.54) is 0 Å². The van der Waals surface area contributed by atoms with Crippen molar-refractivity contribution in [1.29, 1.82) is 0 Å². The summed E-state index contributed by atoms with van der Waals surface area (Å²) in [7, 11) is 0. The van der Waals surface area contributed by atoms with Gasteiger partial charge in [-0.2, -0.15) is 4.98 Å². The molecule has 0 bridgehead atoms. The third kappa shape index (κ3) is 3.99. The maximum Gasteiger partial charge on any atom is 0.259 e. The van der Waals surface area contributed by atoms with Crippen LogP contribution in [0.4, 0.5) is 0 Å². The molecular formula is C16H10Cl4N2O. The third-order valence-electron chi connectivity index (χ3n) is 3.26. The van der Waals surface area contributed by atoms with Gasteiger partial charge in [-0.3, -0.25) is 0 Å². The number of nitrogens with zero attached hydrogens (tertiary/aromatic N) is 2. The first-order valence-corrected chi connectivity index (χ1v) is 8.26. The molecule has 0 unspecified atom stereocenters. The normalized spacial score (nSPS) is 11.0. The molecule has 0 aliphatic carbocycles. The van der Waals surface area contributed by atoms with Gasteiger partial charge in [0.2, 0.25) is 0 Å². The Hall–Kier alpha value is -1.26. The van der Waals surface area contributed by atoms with Gasteiger partial charge in [0.15, 0.2) is 5.82 Å². The molecule has 23 heavy (non-hydrogen) atoms. The largest absolute Gasteiger partial charge is 0.334 e. The molecule has 0 amide bonds. The van der Waals surface area contributed by atoms with Crippen LogP contribution in [0.1, 0.15) is 11.4 Å². The summed E-state index contributed by atoms with van der Waals surface area (Å²) in [4.78, 5) is 4.36. The van der Waals surface area contributed by atoms with E-state index in [2.05, 4.69) is 10.1 Å². The molecule has 2 aromatic carbocycles. The lowest BCUT2D eigenvalue weighted by atomic mass is 10.1. The van der Waals surface area contributed by atoms with E-state index < -0.39 is 0 Å². The number of benzene rings is 2. The summed E-state index contributed by atoms with van der Waals surface area (Å²) < 4.78 is 5.27. The van der Waals surface area contributed by atoms with Crippen molar-refractivity contribution in [3.8, 4) is 11.5 Å². The highest BCUT2D eigenvalue weighted by Gasteiger charge is 2.13. The number of aromatic nitrogens is 2. The lowest BCUT2D eigenvalue weighted by Gasteiger charge is -2.02. The van der Waals surface area contributed by atoms with Crippen molar-refractivity contribution in [2.75, 3.05) is 0 Å². The Labute approximate surface area is 153 Å². The van der Waals surface area contributed by atoms with Crippen molar-refractivity contribution in [1.82, 2.24) is 10.1 Å². The summed E-state index contributed by atoms with van der Waals surface area (Å²) >= 11 is 24.1. The maximum absolute atomic E-state index is 6.15. The van der Waals surface area contributed by atoms with Gasteiger partial charge >= 0.3 is 0 Å². The maximum atomic E-state index is 6.15. The van der Waals surface area contributed by atoms with Crippen LogP contribution in [0, 0.1) is 0 Å². The van der Waals surface area contributed by atoms with E-state index in [1.807, 2.05) is 6.07 Å². The highest BCUT2D eigenvalue weighted by molar-refractivity contribution is 6.36. The average molecular weight is 388 g/mol. The minimum absolute atomic E-state index is 0.365. The molecule has 0 aliphatic heterocycles. The first-order valence-electron chi connectivity index (χ1n) is 6.75. The summed E-state index contributed by atoms with van der Waals surface area (Å²) in [5, 5.41) is 6.23. The number of hydrogen-bond acceptors (Lipinski definition) is 3. The zero-order chi connectivity index (χ0) is 16.4. The zero-order valence-electron chi connectivity index (χ0n) is 11.7. The molecule has 0 saturated heterocycles. The van der Waals surface area contributed by atoms with Crippen LogP contribution in [-0.2, 0) is 12.8 Å². The number of hydrogen-bond donors (Lipinski definition) is 0. The molecule has 0 radical (unpaired) electrons. The predicted molar refractivity (Wildman–Crippen MR) is 93.6 cm³/mol. The fraction of sp³-hybridized carbons (Fsp3) is 0.125. The van der Waals surface area contributed by atoms with Gasteiger partial charge in [-0.05, 0) is 42.3 Å². The quantitative estimate of drug-likeness (QED) is 0.539. The highest BCUT2D eigenvalue weighted by Crippen LogP contribution is 2.29. The minimum atomic E-state index is 0.365. The van der Waals surface area contributed by atoms with E-state index in [9.17, 15) is 0 Å². The second kappa shape index (κ2) is 7.10. The van der Waals surface area contributed by atoms with Gasteiger partial charge < -0.3 is 4.52 Å². The van der Waals surface area contributed by atoms with E-state index >= 15 is 0 Å². The van der Waals surface area contributed by atoms with Crippen LogP contribution in [0.3, 0.4) is 0 Å². The first-order chi connectivity index (χ1) is 11.0. The fourth-order valence-electron chi connectivity index (χ4n) is 2.10. The molecular weight excluding hydrogens is 378 g/mol. The highest BCUT2D eigenvalue weighted by atomic mass is 35.5. The molecule has 0 spiro atoms. The number of aryl methyl sites for hydroxylation is 2. The molecule has 7 heteroatoms. The number of rotatable bonds is 4. The summed E-state index contributed by atoms with van der Waals surface area (Å²) in [6, 6.07) is 10.5. The Morgan fingerprint density at radius 2 is 1.52 bits per heavy atom. The van der Waals surface area contributed by atoms with Gasteiger partial charge in [0.25, 0.3) is 5.89 Å². The summed E-state index contributed by atoms with van der Waals surface area (Å²) in [5.41, 5.74) is 1.63. The molecule has 0 saturated carbocycles. The molecule has 1 aromatic heterocycles. The van der Waals surface area contributed by atoms with E-state index in [1.54, 1.807) is 30.3 Å². The Morgan fingerprint density at radius 1 is 0.826 bits per heavy atom. The van der Waals surface area contributed by atoms with Gasteiger partial charge in [0.1, 0.15) is 0 Å². The molecule has 3 rings (SSSR count). The van der Waals surface area contributed by atoms with Gasteiger partial charge in [-0.15, -0.1) is 0 Å². The second-order valence-corrected chi connectivity index (χ2v) is 6.56. The molecule has 3 nitrogen and oxygen atoms in total. The molecule has 0 N–H and O–H groups in total. The van der Waals surface area contributed by atoms with Crippen LogP contribution in [-0.4, -0.2) is 10.1 Å². The van der Waals surface area contributed by atoms with Crippen LogP contribution in [0.25, 0.3) is 11.5 Å². The van der Waals surface area contributed by atoms with Gasteiger partial charge in [0.05, 0.1) is 10.6 Å². The van der Waals surface area contributed by atoms with E-state index in [0.717, 1.165) is 5.56 Å². The predicted octanol–water partition coefficient (Wildman–Crippen LogP) is 6.14. The molecule has 118 valence electrons. The Kier molecular flexibility index (Phi) is 5.12. The molecule has 0 atom stereocenters. The molecule has 3 aromatic rings. The van der Waals surface area contributed by atoms with Crippen LogP contribution >= 0.6 is 46.4 Å². The van der Waals surface area contributed by atoms with Crippen molar-refractivity contribution >= 4 is 46.4 Å². The minimum Gasteiger partial charge on any atom is -0.334 e. The van der Waals surface area contributed by atoms with Crippen LogP contribution in [0.2, 0.25) is 20.1 Å². The molecule has 0 aliphatic rings.